The second kappa shape index (κ2) is 7.86. The molecule has 5 nitrogen and oxygen atoms in total. The molecule has 0 spiro atoms. The molecule has 3 saturated heterocycles. The van der Waals surface area contributed by atoms with Crippen molar-refractivity contribution in [3.63, 3.8) is 0 Å². The first-order valence-corrected chi connectivity index (χ1v) is 10.3. The number of nitrogens with one attached hydrogen (secondary N) is 1. The van der Waals surface area contributed by atoms with Crippen molar-refractivity contribution in [2.24, 2.45) is 0 Å². The maximum absolute atomic E-state index is 13.3. The number of nitrogens with zero attached hydrogens (tertiary/aromatic N) is 3. The number of carbonyl (C=O) groups excluding carboxylic acids is 1. The van der Waals surface area contributed by atoms with Gasteiger partial charge in [-0.1, -0.05) is 6.07 Å². The minimum Gasteiger partial charge on any atom is -0.325 e. The van der Waals surface area contributed by atoms with Crippen molar-refractivity contribution in [1.82, 2.24) is 14.7 Å². The zero-order chi connectivity index (χ0) is 19.0. The number of halogens is 1. The van der Waals surface area contributed by atoms with Crippen molar-refractivity contribution >= 4 is 11.6 Å². The first-order chi connectivity index (χ1) is 13.0. The maximum atomic E-state index is 13.3. The molecule has 1 aromatic rings. The highest BCUT2D eigenvalue weighted by Gasteiger charge is 2.41. The van der Waals surface area contributed by atoms with Gasteiger partial charge >= 0.3 is 0 Å². The molecule has 0 aliphatic carbocycles. The predicted octanol–water partition coefficient (Wildman–Crippen LogP) is 2.40. The molecule has 27 heavy (non-hydrogen) atoms. The van der Waals surface area contributed by atoms with Crippen LogP contribution in [0.1, 0.15) is 32.6 Å². The van der Waals surface area contributed by atoms with Gasteiger partial charge in [0.05, 0.1) is 6.04 Å². The van der Waals surface area contributed by atoms with E-state index in [0.29, 0.717) is 11.7 Å². The summed E-state index contributed by atoms with van der Waals surface area (Å²) in [5.74, 6) is -0.396. The number of benzene rings is 1. The first kappa shape index (κ1) is 18.8. The van der Waals surface area contributed by atoms with Gasteiger partial charge in [-0.05, 0) is 57.9 Å². The van der Waals surface area contributed by atoms with E-state index in [0.717, 1.165) is 38.3 Å². The third-order valence-corrected chi connectivity index (χ3v) is 6.96. The van der Waals surface area contributed by atoms with Crippen molar-refractivity contribution in [3.05, 3.63) is 30.1 Å². The van der Waals surface area contributed by atoms with E-state index in [4.69, 9.17) is 0 Å². The number of rotatable bonds is 4. The predicted molar refractivity (Wildman–Crippen MR) is 105 cm³/mol. The molecule has 1 unspecified atom stereocenters. The standard InChI is InChI=1S/C21H31FN4O/c1-15(21(27)23-17-5-3-4-16(22)12-17)25-8-10-26(11-9-25)20-13-18-6-7-19(14-20)24(18)2/h3-5,12,15,18-20H,6-11,13-14H2,1-2H3,(H,23,27)/t15-,18-,19+,20?/m0/s1. The number of amides is 1. The molecule has 4 atom stereocenters. The SMILES string of the molecule is C[C@@H](C(=O)Nc1cccc(F)c1)N1CCN(C2C[C@H]3CC[C@@H](C2)N3C)CC1. The number of piperidine rings is 1. The van der Waals surface area contributed by atoms with Crippen molar-refractivity contribution in [2.75, 3.05) is 38.5 Å². The lowest BCUT2D eigenvalue weighted by Gasteiger charge is -2.45. The molecule has 3 heterocycles. The highest BCUT2D eigenvalue weighted by Crippen LogP contribution is 2.36. The number of carbonyl (C=O) groups is 1. The molecular formula is C21H31FN4O. The molecule has 1 amide bonds. The van der Waals surface area contributed by atoms with E-state index in [2.05, 4.69) is 27.1 Å². The fourth-order valence-electron chi connectivity index (χ4n) is 5.15. The Bertz CT molecular complexity index is 662. The molecule has 0 aromatic heterocycles. The van der Waals surface area contributed by atoms with Crippen molar-refractivity contribution < 1.29 is 9.18 Å². The van der Waals surface area contributed by atoms with Crippen molar-refractivity contribution in [1.29, 1.82) is 0 Å². The van der Waals surface area contributed by atoms with Crippen LogP contribution in [0.5, 0.6) is 0 Å². The van der Waals surface area contributed by atoms with Crippen molar-refractivity contribution in [2.45, 2.75) is 56.8 Å². The largest absolute Gasteiger partial charge is 0.325 e. The molecule has 2 bridgehead atoms. The summed E-state index contributed by atoms with van der Waals surface area (Å²) in [6.07, 6.45) is 5.30. The monoisotopic (exact) mass is 374 g/mol. The van der Waals surface area contributed by atoms with Crippen LogP contribution in [-0.4, -0.2) is 78.0 Å². The average molecular weight is 375 g/mol. The Morgan fingerprint density at radius 2 is 1.78 bits per heavy atom. The van der Waals surface area contributed by atoms with Crippen LogP contribution in [0.4, 0.5) is 10.1 Å². The smallest absolute Gasteiger partial charge is 0.241 e. The Kier molecular flexibility index (Phi) is 5.48. The summed E-state index contributed by atoms with van der Waals surface area (Å²) in [5.41, 5.74) is 0.521. The second-order valence-electron chi connectivity index (χ2n) is 8.42. The first-order valence-electron chi connectivity index (χ1n) is 10.3. The van der Waals surface area contributed by atoms with E-state index in [9.17, 15) is 9.18 Å². The third-order valence-electron chi connectivity index (χ3n) is 6.96. The second-order valence-corrected chi connectivity index (χ2v) is 8.42. The fourth-order valence-corrected chi connectivity index (χ4v) is 5.15. The topological polar surface area (TPSA) is 38.8 Å². The molecule has 3 aliphatic rings. The summed E-state index contributed by atoms with van der Waals surface area (Å²) in [6, 6.07) is 8.11. The van der Waals surface area contributed by atoms with Crippen LogP contribution in [0.3, 0.4) is 0 Å². The fraction of sp³-hybridized carbons (Fsp3) is 0.667. The van der Waals surface area contributed by atoms with Crippen LogP contribution in [0.25, 0.3) is 0 Å². The molecule has 0 radical (unpaired) electrons. The van der Waals surface area contributed by atoms with Gasteiger partial charge in [-0.3, -0.25) is 14.6 Å². The van der Waals surface area contributed by atoms with E-state index >= 15 is 0 Å². The highest BCUT2D eigenvalue weighted by atomic mass is 19.1. The summed E-state index contributed by atoms with van der Waals surface area (Å²) >= 11 is 0. The van der Waals surface area contributed by atoms with Crippen LogP contribution in [0.15, 0.2) is 24.3 Å². The van der Waals surface area contributed by atoms with Gasteiger partial charge < -0.3 is 10.2 Å². The van der Waals surface area contributed by atoms with Gasteiger partial charge in [0.1, 0.15) is 5.82 Å². The maximum Gasteiger partial charge on any atom is 0.241 e. The zero-order valence-corrected chi connectivity index (χ0v) is 16.4. The third kappa shape index (κ3) is 4.03. The van der Waals surface area contributed by atoms with Gasteiger partial charge in [0.25, 0.3) is 0 Å². The van der Waals surface area contributed by atoms with Crippen LogP contribution in [0.2, 0.25) is 0 Å². The lowest BCUT2D eigenvalue weighted by atomic mass is 9.96. The molecule has 3 fully saturated rings. The molecule has 6 heteroatoms. The summed E-state index contributed by atoms with van der Waals surface area (Å²) in [4.78, 5) is 20.0. The molecule has 1 N–H and O–H groups in total. The van der Waals surface area contributed by atoms with Gasteiger partial charge in [-0.2, -0.15) is 0 Å². The van der Waals surface area contributed by atoms with Crippen LogP contribution in [-0.2, 0) is 4.79 Å². The Balaban J connectivity index is 1.28. The number of anilines is 1. The van der Waals surface area contributed by atoms with Crippen LogP contribution < -0.4 is 5.32 Å². The molecule has 148 valence electrons. The van der Waals surface area contributed by atoms with Gasteiger partial charge in [0, 0.05) is 50.0 Å². The number of piperazine rings is 1. The molecule has 3 aliphatic heterocycles. The quantitative estimate of drug-likeness (QED) is 0.878. The van der Waals surface area contributed by atoms with E-state index < -0.39 is 0 Å². The Labute approximate surface area is 161 Å². The van der Waals surface area contributed by atoms with Crippen LogP contribution in [0, 0.1) is 5.82 Å². The minimum absolute atomic E-state index is 0.0635. The van der Waals surface area contributed by atoms with Gasteiger partial charge in [0.2, 0.25) is 5.91 Å². The summed E-state index contributed by atoms with van der Waals surface area (Å²) < 4.78 is 13.3. The zero-order valence-electron chi connectivity index (χ0n) is 16.4. The molecule has 1 aromatic carbocycles. The van der Waals surface area contributed by atoms with Gasteiger partial charge in [0.15, 0.2) is 0 Å². The molecule has 0 saturated carbocycles. The van der Waals surface area contributed by atoms with E-state index in [1.165, 1.54) is 37.8 Å². The van der Waals surface area contributed by atoms with E-state index in [1.54, 1.807) is 12.1 Å². The van der Waals surface area contributed by atoms with E-state index in [-0.39, 0.29) is 17.8 Å². The Hall–Kier alpha value is -1.50. The van der Waals surface area contributed by atoms with E-state index in [1.807, 2.05) is 6.92 Å². The Morgan fingerprint density at radius 3 is 2.41 bits per heavy atom. The lowest BCUT2D eigenvalue weighted by Crippen LogP contribution is -2.57. The minimum atomic E-state index is -0.332. The van der Waals surface area contributed by atoms with Crippen LogP contribution >= 0.6 is 0 Å². The average Bonchev–Trinajstić information content (AvgIpc) is 2.88. The number of hydrogen-bond acceptors (Lipinski definition) is 4. The summed E-state index contributed by atoms with van der Waals surface area (Å²) in [7, 11) is 2.29. The van der Waals surface area contributed by atoms with Crippen molar-refractivity contribution in [3.8, 4) is 0 Å². The Morgan fingerprint density at radius 1 is 1.11 bits per heavy atom. The highest BCUT2D eigenvalue weighted by molar-refractivity contribution is 5.94. The summed E-state index contributed by atoms with van der Waals surface area (Å²) in [6.45, 7) is 5.84. The number of fused-ring (bicyclic) bond motifs is 2. The normalized spacial score (nSPS) is 31.0. The van der Waals surface area contributed by atoms with Gasteiger partial charge in [-0.15, -0.1) is 0 Å². The molecular weight excluding hydrogens is 343 g/mol. The summed E-state index contributed by atoms with van der Waals surface area (Å²) in [5, 5.41) is 2.84. The number of hydrogen-bond donors (Lipinski definition) is 1. The lowest BCUT2D eigenvalue weighted by molar-refractivity contribution is -0.121. The molecule has 4 rings (SSSR count). The van der Waals surface area contributed by atoms with Gasteiger partial charge in [-0.25, -0.2) is 4.39 Å².